The highest BCUT2D eigenvalue weighted by Crippen LogP contribution is 2.28. The number of benzene rings is 2. The number of aromatic nitrogens is 3. The maximum atomic E-state index is 13.0. The standard InChI is InChI=1S/C29H30N6O2/c1-19-5-9-24(10-6-19)35-26(16-25(33-35)29(2,3)4)32-28(37)31-23-8-7-21-17-34(18-22(21)15-23)27(36)20-11-13-30-14-12-20/h5-16H,17-18H2,1-4H3,(H2,31,32,37). The van der Waals surface area contributed by atoms with Gasteiger partial charge in [0, 0.05) is 48.2 Å². The molecule has 37 heavy (non-hydrogen) atoms. The Morgan fingerprint density at radius 1 is 0.865 bits per heavy atom. The molecule has 2 aromatic carbocycles. The highest BCUT2D eigenvalue weighted by atomic mass is 16.2. The van der Waals surface area contributed by atoms with Gasteiger partial charge in [-0.25, -0.2) is 9.48 Å². The van der Waals surface area contributed by atoms with E-state index >= 15 is 0 Å². The van der Waals surface area contributed by atoms with Crippen molar-refractivity contribution in [3.63, 3.8) is 0 Å². The molecule has 8 nitrogen and oxygen atoms in total. The number of carbonyl (C=O) groups is 2. The van der Waals surface area contributed by atoms with Crippen LogP contribution in [-0.4, -0.2) is 31.6 Å². The molecule has 2 aromatic heterocycles. The van der Waals surface area contributed by atoms with E-state index in [-0.39, 0.29) is 17.4 Å². The first-order chi connectivity index (χ1) is 17.7. The van der Waals surface area contributed by atoms with Crippen LogP contribution in [0.25, 0.3) is 5.69 Å². The molecule has 0 aliphatic carbocycles. The van der Waals surface area contributed by atoms with E-state index < -0.39 is 0 Å². The zero-order valence-electron chi connectivity index (χ0n) is 21.4. The van der Waals surface area contributed by atoms with Crippen LogP contribution >= 0.6 is 0 Å². The Hall–Kier alpha value is -4.46. The first-order valence-corrected chi connectivity index (χ1v) is 12.2. The van der Waals surface area contributed by atoms with E-state index in [1.54, 1.807) is 34.1 Å². The lowest BCUT2D eigenvalue weighted by atomic mass is 9.92. The van der Waals surface area contributed by atoms with E-state index in [2.05, 4.69) is 36.4 Å². The van der Waals surface area contributed by atoms with E-state index in [4.69, 9.17) is 5.10 Å². The lowest BCUT2D eigenvalue weighted by molar-refractivity contribution is 0.0751. The van der Waals surface area contributed by atoms with Gasteiger partial charge in [0.1, 0.15) is 5.82 Å². The summed E-state index contributed by atoms with van der Waals surface area (Å²) < 4.78 is 1.75. The molecule has 3 heterocycles. The minimum atomic E-state index is -0.364. The number of urea groups is 1. The number of pyridine rings is 1. The second-order valence-electron chi connectivity index (χ2n) is 10.4. The van der Waals surface area contributed by atoms with E-state index in [9.17, 15) is 9.59 Å². The number of nitrogens with one attached hydrogen (secondary N) is 2. The average Bonchev–Trinajstić information content (AvgIpc) is 3.49. The number of anilines is 2. The van der Waals surface area contributed by atoms with Gasteiger partial charge in [0.05, 0.1) is 11.4 Å². The number of hydrogen-bond acceptors (Lipinski definition) is 4. The van der Waals surface area contributed by atoms with Gasteiger partial charge in [-0.3, -0.25) is 15.1 Å². The van der Waals surface area contributed by atoms with E-state index in [0.29, 0.717) is 30.2 Å². The molecule has 0 saturated carbocycles. The number of nitrogens with zero attached hydrogens (tertiary/aromatic N) is 4. The van der Waals surface area contributed by atoms with Crippen LogP contribution in [0.5, 0.6) is 0 Å². The van der Waals surface area contributed by atoms with Crippen molar-refractivity contribution in [3.8, 4) is 5.69 Å². The molecule has 0 radical (unpaired) electrons. The zero-order valence-corrected chi connectivity index (χ0v) is 21.4. The average molecular weight is 495 g/mol. The predicted molar refractivity (Wildman–Crippen MR) is 144 cm³/mol. The smallest absolute Gasteiger partial charge is 0.324 e. The summed E-state index contributed by atoms with van der Waals surface area (Å²) in [4.78, 5) is 31.6. The normalized spacial score (nSPS) is 12.8. The Bertz CT molecular complexity index is 1450. The number of hydrogen-bond donors (Lipinski definition) is 2. The van der Waals surface area contributed by atoms with Gasteiger partial charge in [-0.05, 0) is 54.4 Å². The van der Waals surface area contributed by atoms with Gasteiger partial charge in [-0.15, -0.1) is 0 Å². The Morgan fingerprint density at radius 3 is 2.27 bits per heavy atom. The quantitative estimate of drug-likeness (QED) is 0.382. The van der Waals surface area contributed by atoms with Crippen LogP contribution in [0.2, 0.25) is 0 Å². The van der Waals surface area contributed by atoms with Gasteiger partial charge in [0.15, 0.2) is 0 Å². The minimum Gasteiger partial charge on any atom is -0.330 e. The fourth-order valence-corrected chi connectivity index (χ4v) is 4.29. The molecule has 8 heteroatoms. The fourth-order valence-electron chi connectivity index (χ4n) is 4.29. The third kappa shape index (κ3) is 5.23. The Morgan fingerprint density at radius 2 is 1.57 bits per heavy atom. The summed E-state index contributed by atoms with van der Waals surface area (Å²) in [5.74, 6) is 0.548. The highest BCUT2D eigenvalue weighted by molar-refractivity contribution is 5.99. The van der Waals surface area contributed by atoms with Crippen LogP contribution in [0.15, 0.2) is 73.1 Å². The molecule has 0 unspecified atom stereocenters. The molecule has 4 aromatic rings. The van der Waals surface area contributed by atoms with E-state index in [0.717, 1.165) is 28.1 Å². The van der Waals surface area contributed by atoms with Gasteiger partial charge >= 0.3 is 6.03 Å². The highest BCUT2D eigenvalue weighted by Gasteiger charge is 2.25. The van der Waals surface area contributed by atoms with Gasteiger partial charge in [0.2, 0.25) is 0 Å². The Balaban J connectivity index is 1.31. The zero-order chi connectivity index (χ0) is 26.2. The number of rotatable bonds is 4. The summed E-state index contributed by atoms with van der Waals surface area (Å²) >= 11 is 0. The summed E-state index contributed by atoms with van der Waals surface area (Å²) in [6, 6.07) is 18.7. The summed E-state index contributed by atoms with van der Waals surface area (Å²) in [6.07, 6.45) is 3.23. The Kier molecular flexibility index (Phi) is 6.25. The molecule has 0 atom stereocenters. The molecule has 0 saturated heterocycles. The predicted octanol–water partition coefficient (Wildman–Crippen LogP) is 5.67. The van der Waals surface area contributed by atoms with Gasteiger partial charge in [-0.1, -0.05) is 44.5 Å². The molecular weight excluding hydrogens is 464 g/mol. The summed E-state index contributed by atoms with van der Waals surface area (Å²) in [5, 5.41) is 10.7. The van der Waals surface area contributed by atoms with Gasteiger partial charge in [0.25, 0.3) is 5.91 Å². The maximum Gasteiger partial charge on any atom is 0.324 e. The summed E-state index contributed by atoms with van der Waals surface area (Å²) in [7, 11) is 0. The molecular formula is C29H30N6O2. The number of fused-ring (bicyclic) bond motifs is 1. The van der Waals surface area contributed by atoms with Crippen LogP contribution in [0.3, 0.4) is 0 Å². The van der Waals surface area contributed by atoms with Crippen molar-refractivity contribution in [1.29, 1.82) is 0 Å². The molecule has 3 amide bonds. The SMILES string of the molecule is Cc1ccc(-n2nc(C(C)(C)C)cc2NC(=O)Nc2ccc3c(c2)CN(C(=O)c2ccncc2)C3)cc1. The monoisotopic (exact) mass is 494 g/mol. The van der Waals surface area contributed by atoms with Crippen molar-refractivity contribution in [2.24, 2.45) is 0 Å². The van der Waals surface area contributed by atoms with Crippen LogP contribution in [0.1, 0.15) is 53.5 Å². The van der Waals surface area contributed by atoms with Crippen molar-refractivity contribution >= 4 is 23.4 Å². The van der Waals surface area contributed by atoms with Crippen LogP contribution in [0.4, 0.5) is 16.3 Å². The second kappa shape index (κ2) is 9.54. The minimum absolute atomic E-state index is 0.0372. The van der Waals surface area contributed by atoms with Crippen LogP contribution in [-0.2, 0) is 18.5 Å². The Labute approximate surface area is 216 Å². The number of aryl methyl sites for hydroxylation is 1. The second-order valence-corrected chi connectivity index (χ2v) is 10.4. The molecule has 0 bridgehead atoms. The number of carbonyl (C=O) groups excluding carboxylic acids is 2. The van der Waals surface area contributed by atoms with Crippen LogP contribution < -0.4 is 10.6 Å². The van der Waals surface area contributed by atoms with Crippen molar-refractivity contribution in [2.45, 2.75) is 46.2 Å². The van der Waals surface area contributed by atoms with Crippen molar-refractivity contribution in [2.75, 3.05) is 10.6 Å². The van der Waals surface area contributed by atoms with Crippen molar-refractivity contribution in [3.05, 3.63) is 101 Å². The van der Waals surface area contributed by atoms with E-state index in [1.165, 1.54) is 0 Å². The molecule has 2 N–H and O–H groups in total. The molecule has 0 spiro atoms. The van der Waals surface area contributed by atoms with E-state index in [1.807, 2.05) is 55.5 Å². The topological polar surface area (TPSA) is 92.2 Å². The third-order valence-electron chi connectivity index (χ3n) is 6.40. The maximum absolute atomic E-state index is 13.0. The van der Waals surface area contributed by atoms with Crippen molar-refractivity contribution < 1.29 is 9.59 Å². The number of amides is 3. The largest absolute Gasteiger partial charge is 0.330 e. The fraction of sp³-hybridized carbons (Fsp3) is 0.241. The molecule has 5 rings (SSSR count). The van der Waals surface area contributed by atoms with Gasteiger partial charge < -0.3 is 10.2 Å². The lowest BCUT2D eigenvalue weighted by Gasteiger charge is -2.15. The molecule has 1 aliphatic heterocycles. The third-order valence-corrected chi connectivity index (χ3v) is 6.40. The van der Waals surface area contributed by atoms with Crippen molar-refractivity contribution in [1.82, 2.24) is 19.7 Å². The summed E-state index contributed by atoms with van der Waals surface area (Å²) in [6.45, 7) is 9.33. The molecule has 188 valence electrons. The van der Waals surface area contributed by atoms with Crippen LogP contribution in [0, 0.1) is 6.92 Å². The first kappa shape index (κ1) is 24.2. The van der Waals surface area contributed by atoms with Gasteiger partial charge in [-0.2, -0.15) is 5.10 Å². The lowest BCUT2D eigenvalue weighted by Crippen LogP contribution is -2.25. The summed E-state index contributed by atoms with van der Waals surface area (Å²) in [5.41, 5.74) is 6.07. The first-order valence-electron chi connectivity index (χ1n) is 12.2. The molecule has 1 aliphatic rings. The molecule has 0 fully saturated rings.